The van der Waals surface area contributed by atoms with Crippen molar-refractivity contribution in [2.75, 3.05) is 0 Å². The van der Waals surface area contributed by atoms with E-state index in [0.717, 1.165) is 50.2 Å². The highest BCUT2D eigenvalue weighted by molar-refractivity contribution is 6.09. The molecule has 0 aliphatic rings. The van der Waals surface area contributed by atoms with E-state index in [0.29, 0.717) is 17.5 Å². The van der Waals surface area contributed by atoms with E-state index in [1.165, 1.54) is 33.2 Å². The molecule has 0 N–H and O–H groups in total. The molecule has 0 atom stereocenters. The quantitative estimate of drug-likeness (QED) is 0.163. The van der Waals surface area contributed by atoms with E-state index in [1.54, 1.807) is 0 Å². The van der Waals surface area contributed by atoms with E-state index in [9.17, 15) is 0 Å². The van der Waals surface area contributed by atoms with Gasteiger partial charge in [-0.3, -0.25) is 8.97 Å². The molecule has 0 saturated heterocycles. The minimum Gasteiger partial charge on any atom is -0.293 e. The van der Waals surface area contributed by atoms with Crippen molar-refractivity contribution in [1.82, 2.24) is 23.9 Å². The lowest BCUT2D eigenvalue weighted by Crippen LogP contribution is -2.01. The van der Waals surface area contributed by atoms with Gasteiger partial charge in [-0.05, 0) is 58.1 Å². The van der Waals surface area contributed by atoms with Gasteiger partial charge in [0.15, 0.2) is 17.5 Å². The summed E-state index contributed by atoms with van der Waals surface area (Å²) in [5.41, 5.74) is 15.3. The Morgan fingerprint density at radius 1 is 0.293 bits per heavy atom. The summed E-state index contributed by atoms with van der Waals surface area (Å²) in [6.07, 6.45) is 0. The lowest BCUT2D eigenvalue weighted by atomic mass is 10.0. The number of aromatic nitrogens is 5. The molecule has 0 aliphatic heterocycles. The second-order valence-electron chi connectivity index (χ2n) is 14.5. The van der Waals surface area contributed by atoms with Gasteiger partial charge in [-0.1, -0.05) is 182 Å². The van der Waals surface area contributed by atoms with Crippen LogP contribution < -0.4 is 0 Å². The first-order valence-corrected chi connectivity index (χ1v) is 19.5. The summed E-state index contributed by atoms with van der Waals surface area (Å²) in [7, 11) is 0. The number of para-hydroxylation sites is 3. The third-order valence-corrected chi connectivity index (χ3v) is 11.0. The third kappa shape index (κ3) is 5.76. The number of nitrogens with zero attached hydrogens (tertiary/aromatic N) is 5. The number of imidazole rings is 1. The lowest BCUT2D eigenvalue weighted by Gasteiger charge is -2.12. The molecule has 0 saturated carbocycles. The molecule has 0 radical (unpaired) electrons. The lowest BCUT2D eigenvalue weighted by molar-refractivity contribution is 1.07. The molecule has 3 aromatic heterocycles. The molecule has 5 heteroatoms. The molecule has 0 spiro atoms. The molecule has 0 fully saturated rings. The zero-order valence-electron chi connectivity index (χ0n) is 31.4. The summed E-state index contributed by atoms with van der Waals surface area (Å²) in [4.78, 5) is 15.5. The molecule has 0 aliphatic carbocycles. The average molecular weight is 742 g/mol. The molecule has 5 nitrogen and oxygen atoms in total. The van der Waals surface area contributed by atoms with Gasteiger partial charge in [0.2, 0.25) is 0 Å². The van der Waals surface area contributed by atoms with Crippen LogP contribution in [0.4, 0.5) is 0 Å². The van der Waals surface area contributed by atoms with E-state index in [4.69, 9.17) is 15.0 Å². The monoisotopic (exact) mass is 741 g/mol. The zero-order chi connectivity index (χ0) is 38.4. The van der Waals surface area contributed by atoms with E-state index < -0.39 is 0 Å². The maximum atomic E-state index is 5.18. The predicted octanol–water partition coefficient (Wildman–Crippen LogP) is 13.2. The van der Waals surface area contributed by atoms with Crippen molar-refractivity contribution < 1.29 is 0 Å². The molecule has 0 amide bonds. The Bertz CT molecular complexity index is 3140. The Labute approximate surface area is 335 Å². The largest absolute Gasteiger partial charge is 0.293 e. The number of hydrogen-bond acceptors (Lipinski definition) is 3. The summed E-state index contributed by atoms with van der Waals surface area (Å²) < 4.78 is 4.78. The molecule has 11 aromatic rings. The molecule has 58 heavy (non-hydrogen) atoms. The highest BCUT2D eigenvalue weighted by atomic mass is 15.1. The van der Waals surface area contributed by atoms with Crippen molar-refractivity contribution >= 4 is 27.6 Å². The van der Waals surface area contributed by atoms with E-state index in [-0.39, 0.29) is 0 Å². The average Bonchev–Trinajstić information content (AvgIpc) is 3.82. The summed E-state index contributed by atoms with van der Waals surface area (Å²) in [6.45, 7) is 0. The van der Waals surface area contributed by atoms with Crippen LogP contribution in [-0.2, 0) is 0 Å². The van der Waals surface area contributed by atoms with Crippen molar-refractivity contribution in [3.05, 3.63) is 212 Å². The minimum atomic E-state index is 0.609. The van der Waals surface area contributed by atoms with Gasteiger partial charge in [0, 0.05) is 33.3 Å². The van der Waals surface area contributed by atoms with Crippen molar-refractivity contribution in [2.45, 2.75) is 0 Å². The van der Waals surface area contributed by atoms with Crippen molar-refractivity contribution in [3.63, 3.8) is 0 Å². The van der Waals surface area contributed by atoms with Gasteiger partial charge in [-0.2, -0.15) is 0 Å². The standard InChI is InChI=1S/C53H35N5/c1-4-15-36(16-5-1)38-27-31-41(32-28-38)50-54-51(42-33-29-39(30-34-42)37-17-6-2-7-18-37)56-52(55-50)43-21-14-22-44(35-43)57-47-25-12-13-26-48(47)58-46-24-11-10-23-45(46)49(53(57)58)40-19-8-3-9-20-40/h1-35H. The van der Waals surface area contributed by atoms with Gasteiger partial charge in [0.05, 0.1) is 16.6 Å². The molecule has 3 heterocycles. The highest BCUT2D eigenvalue weighted by Gasteiger charge is 2.22. The maximum Gasteiger partial charge on any atom is 0.164 e. The first kappa shape index (κ1) is 33.4. The van der Waals surface area contributed by atoms with Crippen molar-refractivity contribution in [2.24, 2.45) is 0 Å². The van der Waals surface area contributed by atoms with Crippen LogP contribution in [0.1, 0.15) is 0 Å². The summed E-state index contributed by atoms with van der Waals surface area (Å²) in [6, 6.07) is 74.4. The van der Waals surface area contributed by atoms with Gasteiger partial charge in [-0.15, -0.1) is 0 Å². The van der Waals surface area contributed by atoms with Crippen molar-refractivity contribution in [3.8, 4) is 73.2 Å². The van der Waals surface area contributed by atoms with Crippen LogP contribution in [0, 0.1) is 0 Å². The summed E-state index contributed by atoms with van der Waals surface area (Å²) >= 11 is 0. The van der Waals surface area contributed by atoms with Gasteiger partial charge < -0.3 is 0 Å². The smallest absolute Gasteiger partial charge is 0.164 e. The van der Waals surface area contributed by atoms with Gasteiger partial charge in [0.1, 0.15) is 5.65 Å². The number of benzene rings is 8. The van der Waals surface area contributed by atoms with E-state index in [1.807, 2.05) is 12.1 Å². The summed E-state index contributed by atoms with van der Waals surface area (Å²) in [5, 5.41) is 1.21. The molecular formula is C53H35N5. The topological polar surface area (TPSA) is 48.0 Å². The predicted molar refractivity (Wildman–Crippen MR) is 238 cm³/mol. The van der Waals surface area contributed by atoms with Crippen LogP contribution in [0.5, 0.6) is 0 Å². The highest BCUT2D eigenvalue weighted by Crippen LogP contribution is 2.41. The van der Waals surface area contributed by atoms with Crippen molar-refractivity contribution in [1.29, 1.82) is 0 Å². The van der Waals surface area contributed by atoms with Crippen LogP contribution in [0.15, 0.2) is 212 Å². The maximum absolute atomic E-state index is 5.18. The number of fused-ring (bicyclic) bond motifs is 5. The second-order valence-corrected chi connectivity index (χ2v) is 14.5. The Kier molecular flexibility index (Phi) is 8.07. The fourth-order valence-corrected chi connectivity index (χ4v) is 8.22. The molecule has 0 unspecified atom stereocenters. The van der Waals surface area contributed by atoms with Crippen LogP contribution >= 0.6 is 0 Å². The SMILES string of the molecule is c1ccc(-c2ccc(-c3nc(-c4ccc(-c5ccccc5)cc4)nc(-c4cccc(-n5c6ccccc6n6c7ccccc7c(-c7ccccc7)c56)c4)n3)cc2)cc1. The number of rotatable bonds is 7. The van der Waals surface area contributed by atoms with Crippen LogP contribution in [0.2, 0.25) is 0 Å². The van der Waals surface area contributed by atoms with Gasteiger partial charge in [-0.25, -0.2) is 15.0 Å². The van der Waals surface area contributed by atoms with Gasteiger partial charge >= 0.3 is 0 Å². The molecule has 272 valence electrons. The normalized spacial score (nSPS) is 11.4. The molecule has 0 bridgehead atoms. The van der Waals surface area contributed by atoms with Crippen LogP contribution in [0.3, 0.4) is 0 Å². The Balaban J connectivity index is 1.09. The Morgan fingerprint density at radius 3 is 1.28 bits per heavy atom. The molecule has 11 rings (SSSR count). The number of hydrogen-bond donors (Lipinski definition) is 0. The van der Waals surface area contributed by atoms with E-state index in [2.05, 4.69) is 209 Å². The first-order chi connectivity index (χ1) is 28.8. The van der Waals surface area contributed by atoms with Crippen LogP contribution in [0.25, 0.3) is 101 Å². The van der Waals surface area contributed by atoms with Gasteiger partial charge in [0.25, 0.3) is 0 Å². The van der Waals surface area contributed by atoms with Crippen LogP contribution in [-0.4, -0.2) is 23.9 Å². The minimum absolute atomic E-state index is 0.609. The zero-order valence-corrected chi connectivity index (χ0v) is 31.4. The fourth-order valence-electron chi connectivity index (χ4n) is 8.22. The molecule has 8 aromatic carbocycles. The third-order valence-electron chi connectivity index (χ3n) is 11.0. The Morgan fingerprint density at radius 2 is 0.707 bits per heavy atom. The summed E-state index contributed by atoms with van der Waals surface area (Å²) in [5.74, 6) is 1.85. The molecular weight excluding hydrogens is 707 g/mol. The first-order valence-electron chi connectivity index (χ1n) is 19.5. The Hall–Kier alpha value is -7.89. The van der Waals surface area contributed by atoms with E-state index >= 15 is 0 Å². The fraction of sp³-hybridized carbons (Fsp3) is 0. The second kappa shape index (κ2) is 14.0.